The topological polar surface area (TPSA) is 21.3 Å². The first-order valence-corrected chi connectivity index (χ1v) is 7.06. The Labute approximate surface area is 113 Å². The molecule has 1 N–H and O–H groups in total. The molecule has 0 saturated carbocycles. The highest BCUT2D eigenvalue weighted by atomic mass is 79.9. The van der Waals surface area contributed by atoms with Gasteiger partial charge in [0.05, 0.1) is 11.6 Å². The summed E-state index contributed by atoms with van der Waals surface area (Å²) in [4.78, 5) is 0. The van der Waals surface area contributed by atoms with E-state index in [1.807, 2.05) is 6.07 Å². The maximum atomic E-state index is 5.24. The van der Waals surface area contributed by atoms with Crippen LogP contribution in [0.1, 0.15) is 32.3 Å². The van der Waals surface area contributed by atoms with Gasteiger partial charge in [0.1, 0.15) is 5.75 Å². The van der Waals surface area contributed by atoms with E-state index >= 15 is 0 Å². The van der Waals surface area contributed by atoms with Crippen molar-refractivity contribution in [1.82, 2.24) is 5.32 Å². The maximum absolute atomic E-state index is 5.24. The smallest absolute Gasteiger partial charge is 0.133 e. The molecule has 0 radical (unpaired) electrons. The molecule has 1 atom stereocenters. The molecular weight excluding hydrogens is 278 g/mol. The molecule has 0 spiro atoms. The standard InChI is InChI=1S/C14H22BrNO/c1-4-6-12(16-5-2)9-11-7-8-14(17-3)13(15)10-11/h7-8,10,12,16H,4-6,9H2,1-3H3. The number of likely N-dealkylation sites (N-methyl/N-ethyl adjacent to an activating group) is 1. The fraction of sp³-hybridized carbons (Fsp3) is 0.571. The van der Waals surface area contributed by atoms with Crippen LogP contribution in [0.2, 0.25) is 0 Å². The van der Waals surface area contributed by atoms with Gasteiger partial charge in [-0.05, 0) is 53.0 Å². The van der Waals surface area contributed by atoms with Gasteiger partial charge in [-0.2, -0.15) is 0 Å². The van der Waals surface area contributed by atoms with E-state index in [0.717, 1.165) is 23.2 Å². The van der Waals surface area contributed by atoms with Crippen LogP contribution in [0, 0.1) is 0 Å². The zero-order valence-corrected chi connectivity index (χ0v) is 12.5. The number of hydrogen-bond donors (Lipinski definition) is 1. The predicted molar refractivity (Wildman–Crippen MR) is 76.8 cm³/mol. The summed E-state index contributed by atoms with van der Waals surface area (Å²) in [7, 11) is 1.69. The third-order valence-corrected chi connectivity index (χ3v) is 3.45. The Morgan fingerprint density at radius 3 is 2.65 bits per heavy atom. The molecule has 0 saturated heterocycles. The van der Waals surface area contributed by atoms with Gasteiger partial charge in [-0.25, -0.2) is 0 Å². The second kappa shape index (κ2) is 7.72. The molecular formula is C14H22BrNO. The average molecular weight is 300 g/mol. The van der Waals surface area contributed by atoms with E-state index in [1.165, 1.54) is 18.4 Å². The van der Waals surface area contributed by atoms with Crippen LogP contribution in [0.15, 0.2) is 22.7 Å². The molecule has 0 aliphatic heterocycles. The van der Waals surface area contributed by atoms with Crippen LogP contribution < -0.4 is 10.1 Å². The van der Waals surface area contributed by atoms with Gasteiger partial charge < -0.3 is 10.1 Å². The van der Waals surface area contributed by atoms with Gasteiger partial charge in [0, 0.05) is 6.04 Å². The van der Waals surface area contributed by atoms with Crippen LogP contribution >= 0.6 is 15.9 Å². The van der Waals surface area contributed by atoms with E-state index in [1.54, 1.807) is 7.11 Å². The summed E-state index contributed by atoms with van der Waals surface area (Å²) in [6.07, 6.45) is 3.51. The predicted octanol–water partition coefficient (Wildman–Crippen LogP) is 3.78. The molecule has 0 aliphatic rings. The molecule has 96 valence electrons. The van der Waals surface area contributed by atoms with E-state index in [4.69, 9.17) is 4.74 Å². The third kappa shape index (κ3) is 4.68. The molecule has 1 unspecified atom stereocenters. The lowest BCUT2D eigenvalue weighted by molar-refractivity contribution is 0.411. The van der Waals surface area contributed by atoms with Gasteiger partial charge in [-0.1, -0.05) is 26.3 Å². The molecule has 1 aromatic rings. The van der Waals surface area contributed by atoms with Crippen LogP contribution in [0.25, 0.3) is 0 Å². The van der Waals surface area contributed by atoms with Gasteiger partial charge >= 0.3 is 0 Å². The van der Waals surface area contributed by atoms with Crippen LogP contribution in [0.5, 0.6) is 5.75 Å². The summed E-state index contributed by atoms with van der Waals surface area (Å²) in [5.74, 6) is 0.893. The summed E-state index contributed by atoms with van der Waals surface area (Å²) >= 11 is 3.53. The number of methoxy groups -OCH3 is 1. The van der Waals surface area contributed by atoms with Crippen LogP contribution in [-0.2, 0) is 6.42 Å². The highest BCUT2D eigenvalue weighted by Crippen LogP contribution is 2.26. The lowest BCUT2D eigenvalue weighted by atomic mass is 10.0. The van der Waals surface area contributed by atoms with Crippen LogP contribution in [0.3, 0.4) is 0 Å². The Morgan fingerprint density at radius 2 is 2.12 bits per heavy atom. The van der Waals surface area contributed by atoms with Crippen molar-refractivity contribution in [2.45, 2.75) is 39.2 Å². The van der Waals surface area contributed by atoms with Crippen molar-refractivity contribution in [1.29, 1.82) is 0 Å². The molecule has 0 bridgehead atoms. The van der Waals surface area contributed by atoms with E-state index in [9.17, 15) is 0 Å². The van der Waals surface area contributed by atoms with E-state index < -0.39 is 0 Å². The number of halogens is 1. The second-order valence-electron chi connectivity index (χ2n) is 4.22. The first-order chi connectivity index (χ1) is 8.21. The zero-order valence-electron chi connectivity index (χ0n) is 10.9. The number of benzene rings is 1. The molecule has 2 nitrogen and oxygen atoms in total. The monoisotopic (exact) mass is 299 g/mol. The molecule has 0 aliphatic carbocycles. The van der Waals surface area contributed by atoms with Gasteiger partial charge in [0.25, 0.3) is 0 Å². The van der Waals surface area contributed by atoms with Crippen LogP contribution in [-0.4, -0.2) is 19.7 Å². The first kappa shape index (κ1) is 14.5. The van der Waals surface area contributed by atoms with Gasteiger partial charge in [0.2, 0.25) is 0 Å². The van der Waals surface area contributed by atoms with E-state index in [2.05, 4.69) is 47.2 Å². The maximum Gasteiger partial charge on any atom is 0.133 e. The van der Waals surface area contributed by atoms with Crippen molar-refractivity contribution < 1.29 is 4.74 Å². The second-order valence-corrected chi connectivity index (χ2v) is 5.07. The van der Waals surface area contributed by atoms with Crippen molar-refractivity contribution in [2.24, 2.45) is 0 Å². The molecule has 3 heteroatoms. The quantitative estimate of drug-likeness (QED) is 0.827. The highest BCUT2D eigenvalue weighted by Gasteiger charge is 2.08. The Hall–Kier alpha value is -0.540. The number of hydrogen-bond acceptors (Lipinski definition) is 2. The first-order valence-electron chi connectivity index (χ1n) is 6.27. The fourth-order valence-corrected chi connectivity index (χ4v) is 2.62. The average Bonchev–Trinajstić information content (AvgIpc) is 2.30. The SMILES string of the molecule is CCCC(Cc1ccc(OC)c(Br)c1)NCC. The molecule has 0 aromatic heterocycles. The fourth-order valence-electron chi connectivity index (χ4n) is 2.03. The summed E-state index contributed by atoms with van der Waals surface area (Å²) < 4.78 is 6.27. The van der Waals surface area contributed by atoms with Crippen molar-refractivity contribution in [2.75, 3.05) is 13.7 Å². The van der Waals surface area contributed by atoms with Crippen molar-refractivity contribution in [3.8, 4) is 5.75 Å². The Kier molecular flexibility index (Phi) is 6.60. The van der Waals surface area contributed by atoms with Crippen molar-refractivity contribution in [3.63, 3.8) is 0 Å². The highest BCUT2D eigenvalue weighted by molar-refractivity contribution is 9.10. The normalized spacial score (nSPS) is 12.5. The Balaban J connectivity index is 2.68. The van der Waals surface area contributed by atoms with Gasteiger partial charge in [-0.3, -0.25) is 0 Å². The molecule has 0 heterocycles. The van der Waals surface area contributed by atoms with Crippen LogP contribution in [0.4, 0.5) is 0 Å². The van der Waals surface area contributed by atoms with E-state index in [0.29, 0.717) is 6.04 Å². The minimum atomic E-state index is 0.574. The summed E-state index contributed by atoms with van der Waals surface area (Å²) in [6, 6.07) is 6.89. The molecule has 1 rings (SSSR count). The van der Waals surface area contributed by atoms with Gasteiger partial charge in [-0.15, -0.1) is 0 Å². The number of rotatable bonds is 7. The Bertz CT molecular complexity index is 335. The minimum absolute atomic E-state index is 0.574. The zero-order chi connectivity index (χ0) is 12.7. The largest absolute Gasteiger partial charge is 0.496 e. The third-order valence-electron chi connectivity index (χ3n) is 2.83. The lowest BCUT2D eigenvalue weighted by Crippen LogP contribution is -2.30. The van der Waals surface area contributed by atoms with Crippen molar-refractivity contribution >= 4 is 15.9 Å². The molecule has 0 amide bonds. The summed E-state index contributed by atoms with van der Waals surface area (Å²) in [5.41, 5.74) is 1.34. The lowest BCUT2D eigenvalue weighted by Gasteiger charge is -2.17. The summed E-state index contributed by atoms with van der Waals surface area (Å²) in [5, 5.41) is 3.53. The van der Waals surface area contributed by atoms with Crippen molar-refractivity contribution in [3.05, 3.63) is 28.2 Å². The van der Waals surface area contributed by atoms with E-state index in [-0.39, 0.29) is 0 Å². The number of nitrogens with one attached hydrogen (secondary N) is 1. The minimum Gasteiger partial charge on any atom is -0.496 e. The molecule has 1 aromatic carbocycles. The Morgan fingerprint density at radius 1 is 1.35 bits per heavy atom. The molecule has 17 heavy (non-hydrogen) atoms. The summed E-state index contributed by atoms with van der Waals surface area (Å²) in [6.45, 7) is 5.42. The van der Waals surface area contributed by atoms with Gasteiger partial charge in [0.15, 0.2) is 0 Å². The molecule has 0 fully saturated rings. The number of ether oxygens (including phenoxy) is 1.